The van der Waals surface area contributed by atoms with Gasteiger partial charge in [0.25, 0.3) is 0 Å². The first kappa shape index (κ1) is 16.3. The number of rotatable bonds is 4. The summed E-state index contributed by atoms with van der Waals surface area (Å²) < 4.78 is 5.39. The summed E-state index contributed by atoms with van der Waals surface area (Å²) in [4.78, 5) is 11.7. The van der Waals surface area contributed by atoms with E-state index in [9.17, 15) is 4.79 Å². The molecule has 0 aliphatic heterocycles. The van der Waals surface area contributed by atoms with Crippen LogP contribution in [0, 0.1) is 13.8 Å². The van der Waals surface area contributed by atoms with E-state index in [-0.39, 0.29) is 11.6 Å². The molecule has 4 nitrogen and oxygen atoms in total. The quantitative estimate of drug-likeness (QED) is 0.889. The largest absolute Gasteiger partial charge is 0.496 e. The molecule has 2 N–H and O–H groups in total. The van der Waals surface area contributed by atoms with E-state index in [4.69, 9.17) is 4.74 Å². The fourth-order valence-electron chi connectivity index (χ4n) is 1.93. The van der Waals surface area contributed by atoms with Crippen molar-refractivity contribution in [1.29, 1.82) is 0 Å². The first-order chi connectivity index (χ1) is 9.23. The number of benzene rings is 1. The SMILES string of the molecule is COc1cc(C)c(C)cc1CCNC(=O)NC(C)(C)C. The molecule has 20 heavy (non-hydrogen) atoms. The summed E-state index contributed by atoms with van der Waals surface area (Å²) in [5.74, 6) is 0.881. The van der Waals surface area contributed by atoms with Crippen molar-refractivity contribution in [3.63, 3.8) is 0 Å². The van der Waals surface area contributed by atoms with Crippen molar-refractivity contribution in [3.8, 4) is 5.75 Å². The third-order valence-corrected chi connectivity index (χ3v) is 3.07. The highest BCUT2D eigenvalue weighted by molar-refractivity contribution is 5.74. The number of carbonyl (C=O) groups is 1. The van der Waals surface area contributed by atoms with Crippen LogP contribution in [0.3, 0.4) is 0 Å². The molecule has 0 aromatic heterocycles. The molecule has 1 aromatic carbocycles. The molecule has 0 atom stereocenters. The summed E-state index contributed by atoms with van der Waals surface area (Å²) in [5, 5.41) is 5.74. The second-order valence-corrected chi connectivity index (χ2v) is 6.13. The molecule has 0 saturated carbocycles. The summed E-state index contributed by atoms with van der Waals surface area (Å²) in [6.45, 7) is 10.6. The highest BCUT2D eigenvalue weighted by atomic mass is 16.5. The minimum Gasteiger partial charge on any atom is -0.496 e. The number of methoxy groups -OCH3 is 1. The monoisotopic (exact) mass is 278 g/mol. The summed E-state index contributed by atoms with van der Waals surface area (Å²) in [7, 11) is 1.67. The van der Waals surface area contributed by atoms with Crippen molar-refractivity contribution in [3.05, 3.63) is 28.8 Å². The van der Waals surface area contributed by atoms with Crippen LogP contribution in [0.15, 0.2) is 12.1 Å². The Balaban J connectivity index is 2.58. The van der Waals surface area contributed by atoms with Crippen LogP contribution in [0.1, 0.15) is 37.5 Å². The lowest BCUT2D eigenvalue weighted by molar-refractivity contribution is 0.232. The van der Waals surface area contributed by atoms with E-state index in [0.717, 1.165) is 17.7 Å². The molecule has 0 unspecified atom stereocenters. The fraction of sp³-hybridized carbons (Fsp3) is 0.562. The average Bonchev–Trinajstić information content (AvgIpc) is 2.31. The van der Waals surface area contributed by atoms with Crippen molar-refractivity contribution < 1.29 is 9.53 Å². The molecule has 0 saturated heterocycles. The van der Waals surface area contributed by atoms with Crippen LogP contribution in [0.25, 0.3) is 0 Å². The zero-order valence-corrected chi connectivity index (χ0v) is 13.4. The number of carbonyl (C=O) groups excluding carboxylic acids is 1. The van der Waals surface area contributed by atoms with E-state index in [1.165, 1.54) is 11.1 Å². The molecule has 1 rings (SSSR count). The van der Waals surface area contributed by atoms with Gasteiger partial charge in [0.15, 0.2) is 0 Å². The van der Waals surface area contributed by atoms with E-state index in [1.54, 1.807) is 7.11 Å². The molecule has 0 fully saturated rings. The lowest BCUT2D eigenvalue weighted by Gasteiger charge is -2.21. The van der Waals surface area contributed by atoms with Crippen LogP contribution in [0.2, 0.25) is 0 Å². The zero-order valence-electron chi connectivity index (χ0n) is 13.4. The van der Waals surface area contributed by atoms with Crippen LogP contribution < -0.4 is 15.4 Å². The molecule has 4 heteroatoms. The Hall–Kier alpha value is -1.71. The Kier molecular flexibility index (Phi) is 5.43. The van der Waals surface area contributed by atoms with Crippen molar-refractivity contribution >= 4 is 6.03 Å². The maximum Gasteiger partial charge on any atom is 0.315 e. The van der Waals surface area contributed by atoms with Crippen LogP contribution in [-0.4, -0.2) is 25.2 Å². The van der Waals surface area contributed by atoms with Crippen LogP contribution in [-0.2, 0) is 6.42 Å². The van der Waals surface area contributed by atoms with Crippen molar-refractivity contribution in [1.82, 2.24) is 10.6 Å². The first-order valence-electron chi connectivity index (χ1n) is 6.93. The maximum atomic E-state index is 11.7. The molecule has 0 aliphatic rings. The zero-order chi connectivity index (χ0) is 15.3. The van der Waals surface area contributed by atoms with Gasteiger partial charge in [-0.3, -0.25) is 0 Å². The van der Waals surface area contributed by atoms with E-state index in [1.807, 2.05) is 26.8 Å². The molecular formula is C16H26N2O2. The van der Waals surface area contributed by atoms with Crippen LogP contribution in [0.4, 0.5) is 4.79 Å². The third kappa shape index (κ3) is 5.11. The summed E-state index contributed by atoms with van der Waals surface area (Å²) in [5.41, 5.74) is 3.35. The van der Waals surface area contributed by atoms with Crippen LogP contribution >= 0.6 is 0 Å². The Labute approximate surface area is 121 Å². The lowest BCUT2D eigenvalue weighted by atomic mass is 10.0. The predicted molar refractivity (Wildman–Crippen MR) is 82.5 cm³/mol. The summed E-state index contributed by atoms with van der Waals surface area (Å²) in [6, 6.07) is 4.03. The van der Waals surface area contributed by atoms with E-state index >= 15 is 0 Å². The van der Waals surface area contributed by atoms with Crippen molar-refractivity contribution in [2.24, 2.45) is 0 Å². The second-order valence-electron chi connectivity index (χ2n) is 6.13. The van der Waals surface area contributed by atoms with Gasteiger partial charge >= 0.3 is 6.03 Å². The Morgan fingerprint density at radius 2 is 1.80 bits per heavy atom. The molecule has 0 spiro atoms. The molecular weight excluding hydrogens is 252 g/mol. The molecule has 112 valence electrons. The molecule has 0 radical (unpaired) electrons. The second kappa shape index (κ2) is 6.64. The van der Waals surface area contributed by atoms with Gasteiger partial charge in [0.2, 0.25) is 0 Å². The van der Waals surface area contributed by atoms with E-state index < -0.39 is 0 Å². The molecule has 2 amide bonds. The molecule has 0 heterocycles. The number of hydrogen-bond acceptors (Lipinski definition) is 2. The number of aryl methyl sites for hydroxylation is 2. The summed E-state index contributed by atoms with van der Waals surface area (Å²) >= 11 is 0. The average molecular weight is 278 g/mol. The smallest absolute Gasteiger partial charge is 0.315 e. The van der Waals surface area contributed by atoms with Crippen molar-refractivity contribution in [2.75, 3.05) is 13.7 Å². The molecule has 0 aliphatic carbocycles. The van der Waals surface area contributed by atoms with Gasteiger partial charge in [-0.15, -0.1) is 0 Å². The molecule has 0 bridgehead atoms. The van der Waals surface area contributed by atoms with Gasteiger partial charge in [-0.1, -0.05) is 6.07 Å². The standard InChI is InChI=1S/C16H26N2O2/c1-11-9-13(14(20-6)10-12(11)2)7-8-17-15(19)18-16(3,4)5/h9-10H,7-8H2,1-6H3,(H2,17,18,19). The third-order valence-electron chi connectivity index (χ3n) is 3.07. The Morgan fingerprint density at radius 1 is 1.20 bits per heavy atom. The first-order valence-corrected chi connectivity index (χ1v) is 6.93. The number of urea groups is 1. The number of amides is 2. The number of nitrogens with one attached hydrogen (secondary N) is 2. The van der Waals surface area contributed by atoms with E-state index in [2.05, 4.69) is 30.5 Å². The lowest BCUT2D eigenvalue weighted by Crippen LogP contribution is -2.46. The topological polar surface area (TPSA) is 50.4 Å². The Morgan fingerprint density at radius 3 is 2.35 bits per heavy atom. The van der Waals surface area contributed by atoms with Gasteiger partial charge in [0, 0.05) is 12.1 Å². The predicted octanol–water partition coefficient (Wildman–Crippen LogP) is 2.95. The molecule has 1 aromatic rings. The van der Waals surface area contributed by atoms with Crippen molar-refractivity contribution in [2.45, 2.75) is 46.6 Å². The maximum absolute atomic E-state index is 11.7. The van der Waals surface area contributed by atoms with Gasteiger partial charge in [-0.05, 0) is 63.8 Å². The van der Waals surface area contributed by atoms with Gasteiger partial charge in [-0.2, -0.15) is 0 Å². The number of ether oxygens (including phenoxy) is 1. The van der Waals surface area contributed by atoms with Gasteiger partial charge < -0.3 is 15.4 Å². The summed E-state index contributed by atoms with van der Waals surface area (Å²) in [6.07, 6.45) is 0.752. The van der Waals surface area contributed by atoms with Gasteiger partial charge in [0.05, 0.1) is 7.11 Å². The Bertz CT molecular complexity index is 476. The van der Waals surface area contributed by atoms with Gasteiger partial charge in [0.1, 0.15) is 5.75 Å². The normalized spacial score (nSPS) is 11.1. The van der Waals surface area contributed by atoms with E-state index in [0.29, 0.717) is 6.54 Å². The van der Waals surface area contributed by atoms with Crippen LogP contribution in [0.5, 0.6) is 5.75 Å². The fourth-order valence-corrected chi connectivity index (χ4v) is 1.93. The highest BCUT2D eigenvalue weighted by Crippen LogP contribution is 2.23. The number of hydrogen-bond donors (Lipinski definition) is 2. The minimum atomic E-state index is -0.220. The highest BCUT2D eigenvalue weighted by Gasteiger charge is 2.13. The minimum absolute atomic E-state index is 0.139. The van der Waals surface area contributed by atoms with Gasteiger partial charge in [-0.25, -0.2) is 4.79 Å².